The molecule has 0 saturated carbocycles. The third-order valence-corrected chi connectivity index (χ3v) is 4.86. The first-order chi connectivity index (χ1) is 12.7. The maximum absolute atomic E-state index is 12.9. The first-order valence-electron chi connectivity index (χ1n) is 9.19. The molecular formula is C20H26N4O3. The number of likely N-dealkylation sites (N-methyl/N-ethyl adjacent to an activating group) is 1. The Bertz CT molecular complexity index is 934. The van der Waals surface area contributed by atoms with Crippen LogP contribution in [0.5, 0.6) is 0 Å². The van der Waals surface area contributed by atoms with Gasteiger partial charge in [0.2, 0.25) is 11.5 Å². The highest BCUT2D eigenvalue weighted by Gasteiger charge is 2.35. The predicted molar refractivity (Wildman–Crippen MR) is 105 cm³/mol. The minimum Gasteiger partial charge on any atom is -0.353 e. The molecule has 1 aliphatic rings. The first-order valence-corrected chi connectivity index (χ1v) is 9.19. The maximum Gasteiger partial charge on any atom is 0.252 e. The van der Waals surface area contributed by atoms with Crippen LogP contribution in [0, 0.1) is 6.92 Å². The van der Waals surface area contributed by atoms with E-state index in [-0.39, 0.29) is 35.5 Å². The van der Waals surface area contributed by atoms with Gasteiger partial charge in [-0.05, 0) is 46.4 Å². The van der Waals surface area contributed by atoms with Crippen LogP contribution in [0.25, 0.3) is 10.9 Å². The predicted octanol–water partition coefficient (Wildman–Crippen LogP) is 1.16. The van der Waals surface area contributed by atoms with Crippen molar-refractivity contribution >= 4 is 22.7 Å². The highest BCUT2D eigenvalue weighted by Crippen LogP contribution is 2.20. The number of fused-ring (bicyclic) bond motifs is 1. The Labute approximate surface area is 158 Å². The van der Waals surface area contributed by atoms with E-state index < -0.39 is 0 Å². The largest absolute Gasteiger partial charge is 0.353 e. The Morgan fingerprint density at radius 1 is 1.26 bits per heavy atom. The molecule has 0 aliphatic carbocycles. The lowest BCUT2D eigenvalue weighted by molar-refractivity contribution is -0.125. The van der Waals surface area contributed by atoms with Crippen LogP contribution in [0.2, 0.25) is 0 Å². The molecule has 3 N–H and O–H groups in total. The Hall–Kier alpha value is -2.67. The molecule has 1 aromatic carbocycles. The van der Waals surface area contributed by atoms with Gasteiger partial charge in [0.05, 0.1) is 11.6 Å². The van der Waals surface area contributed by atoms with Gasteiger partial charge in [0.15, 0.2) is 0 Å². The van der Waals surface area contributed by atoms with Crippen molar-refractivity contribution in [1.29, 1.82) is 0 Å². The van der Waals surface area contributed by atoms with Crippen LogP contribution in [0.1, 0.15) is 36.2 Å². The lowest BCUT2D eigenvalue weighted by Gasteiger charge is -2.19. The normalized spacial score (nSPS) is 20.2. The molecule has 27 heavy (non-hydrogen) atoms. The van der Waals surface area contributed by atoms with Gasteiger partial charge in [-0.2, -0.15) is 0 Å². The smallest absolute Gasteiger partial charge is 0.252 e. The molecule has 0 radical (unpaired) electrons. The summed E-state index contributed by atoms with van der Waals surface area (Å²) in [6, 6.07) is 6.58. The van der Waals surface area contributed by atoms with Crippen LogP contribution in [0.15, 0.2) is 29.1 Å². The van der Waals surface area contributed by atoms with E-state index in [1.54, 1.807) is 6.07 Å². The van der Waals surface area contributed by atoms with Gasteiger partial charge >= 0.3 is 0 Å². The molecule has 7 heteroatoms. The third-order valence-electron chi connectivity index (χ3n) is 4.86. The van der Waals surface area contributed by atoms with E-state index in [9.17, 15) is 14.4 Å². The molecule has 144 valence electrons. The number of benzene rings is 1. The average molecular weight is 370 g/mol. The van der Waals surface area contributed by atoms with Gasteiger partial charge in [-0.1, -0.05) is 11.6 Å². The standard InChI is InChI=1S/C20H26N4O3/c1-11(2)21-20(27)17-8-13(10-24(17)4)22-19(26)15-9-18(25)23-16-6-5-12(3)7-14(15)16/h5-7,9,11,13,17H,8,10H2,1-4H3,(H,21,27)(H,22,26)(H,23,25). The summed E-state index contributed by atoms with van der Waals surface area (Å²) in [5, 5.41) is 6.62. The van der Waals surface area contributed by atoms with E-state index in [0.29, 0.717) is 29.4 Å². The van der Waals surface area contributed by atoms with Gasteiger partial charge in [0, 0.05) is 35.6 Å². The summed E-state index contributed by atoms with van der Waals surface area (Å²) in [5.41, 5.74) is 1.69. The van der Waals surface area contributed by atoms with Crippen molar-refractivity contribution in [3.8, 4) is 0 Å². The zero-order valence-corrected chi connectivity index (χ0v) is 16.1. The van der Waals surface area contributed by atoms with E-state index in [2.05, 4.69) is 15.6 Å². The van der Waals surface area contributed by atoms with Crippen LogP contribution < -0.4 is 16.2 Å². The minimum atomic E-state index is -0.311. The number of carbonyl (C=O) groups is 2. The Morgan fingerprint density at radius 3 is 2.70 bits per heavy atom. The van der Waals surface area contributed by atoms with Crippen molar-refractivity contribution in [2.75, 3.05) is 13.6 Å². The number of pyridine rings is 1. The van der Waals surface area contributed by atoms with E-state index in [0.717, 1.165) is 5.56 Å². The Balaban J connectivity index is 1.79. The van der Waals surface area contributed by atoms with Crippen molar-refractivity contribution < 1.29 is 9.59 Å². The lowest BCUT2D eigenvalue weighted by atomic mass is 10.1. The highest BCUT2D eigenvalue weighted by atomic mass is 16.2. The number of carbonyl (C=O) groups excluding carboxylic acids is 2. The van der Waals surface area contributed by atoms with E-state index >= 15 is 0 Å². The summed E-state index contributed by atoms with van der Waals surface area (Å²) >= 11 is 0. The zero-order chi connectivity index (χ0) is 19.7. The molecule has 1 aliphatic heterocycles. The number of H-pyrrole nitrogens is 1. The third kappa shape index (κ3) is 4.19. The molecule has 2 aromatic rings. The summed E-state index contributed by atoms with van der Waals surface area (Å²) in [7, 11) is 1.88. The van der Waals surface area contributed by atoms with E-state index in [1.807, 2.05) is 44.9 Å². The van der Waals surface area contributed by atoms with Gasteiger partial charge in [-0.3, -0.25) is 19.3 Å². The molecule has 3 rings (SSSR count). The number of nitrogens with zero attached hydrogens (tertiary/aromatic N) is 1. The van der Waals surface area contributed by atoms with Gasteiger partial charge in [-0.15, -0.1) is 0 Å². The van der Waals surface area contributed by atoms with Crippen LogP contribution in [-0.4, -0.2) is 53.4 Å². The average Bonchev–Trinajstić information content (AvgIpc) is 2.94. The number of aromatic amines is 1. The molecule has 0 spiro atoms. The second kappa shape index (κ2) is 7.52. The summed E-state index contributed by atoms with van der Waals surface area (Å²) in [4.78, 5) is 41.8. The van der Waals surface area contributed by atoms with E-state index in [1.165, 1.54) is 6.07 Å². The van der Waals surface area contributed by atoms with Gasteiger partial charge < -0.3 is 15.6 Å². The lowest BCUT2D eigenvalue weighted by Crippen LogP contribution is -2.43. The maximum atomic E-state index is 12.9. The van der Waals surface area contributed by atoms with Crippen LogP contribution >= 0.6 is 0 Å². The number of hydrogen-bond donors (Lipinski definition) is 3. The van der Waals surface area contributed by atoms with Gasteiger partial charge in [0.1, 0.15) is 0 Å². The fourth-order valence-electron chi connectivity index (χ4n) is 3.61. The second-order valence-corrected chi connectivity index (χ2v) is 7.62. The second-order valence-electron chi connectivity index (χ2n) is 7.62. The molecule has 2 heterocycles. The quantitative estimate of drug-likeness (QED) is 0.753. The van der Waals surface area contributed by atoms with Gasteiger partial charge in [-0.25, -0.2) is 0 Å². The molecule has 0 bridgehead atoms. The van der Waals surface area contributed by atoms with Gasteiger partial charge in [0.25, 0.3) is 5.91 Å². The highest BCUT2D eigenvalue weighted by molar-refractivity contribution is 6.06. The monoisotopic (exact) mass is 370 g/mol. The Kier molecular flexibility index (Phi) is 5.32. The number of aryl methyl sites for hydroxylation is 1. The number of hydrogen-bond acceptors (Lipinski definition) is 4. The number of likely N-dealkylation sites (tertiary alicyclic amines) is 1. The van der Waals surface area contributed by atoms with Crippen molar-refractivity contribution in [3.63, 3.8) is 0 Å². The number of amides is 2. The number of nitrogens with one attached hydrogen (secondary N) is 3. The van der Waals surface area contributed by atoms with E-state index in [4.69, 9.17) is 0 Å². The molecule has 2 unspecified atom stereocenters. The number of aromatic nitrogens is 1. The summed E-state index contributed by atoms with van der Waals surface area (Å²) in [6.07, 6.45) is 0.543. The van der Waals surface area contributed by atoms with Crippen molar-refractivity contribution in [2.24, 2.45) is 0 Å². The van der Waals surface area contributed by atoms with Crippen molar-refractivity contribution in [3.05, 3.63) is 45.7 Å². The van der Waals surface area contributed by atoms with Crippen molar-refractivity contribution in [2.45, 2.75) is 45.3 Å². The SMILES string of the molecule is Cc1ccc2[nH]c(=O)cc(C(=O)NC3CC(C(=O)NC(C)C)N(C)C3)c2c1. The van der Waals surface area contributed by atoms with Crippen LogP contribution in [0.4, 0.5) is 0 Å². The summed E-state index contributed by atoms with van der Waals surface area (Å²) in [5.74, 6) is -0.318. The molecule has 1 aromatic heterocycles. The zero-order valence-electron chi connectivity index (χ0n) is 16.1. The molecule has 2 amide bonds. The molecule has 7 nitrogen and oxygen atoms in total. The molecule has 2 atom stereocenters. The fourth-order valence-corrected chi connectivity index (χ4v) is 3.61. The van der Waals surface area contributed by atoms with Crippen LogP contribution in [0.3, 0.4) is 0 Å². The minimum absolute atomic E-state index is 0.0264. The first kappa shape index (κ1) is 19.1. The Morgan fingerprint density at radius 2 is 2.00 bits per heavy atom. The van der Waals surface area contributed by atoms with Crippen molar-refractivity contribution in [1.82, 2.24) is 20.5 Å². The summed E-state index contributed by atoms with van der Waals surface area (Å²) < 4.78 is 0. The van der Waals surface area contributed by atoms with Crippen LogP contribution in [-0.2, 0) is 4.79 Å². The summed E-state index contributed by atoms with van der Waals surface area (Å²) in [6.45, 7) is 6.37. The molecular weight excluding hydrogens is 344 g/mol. The fraction of sp³-hybridized carbons (Fsp3) is 0.450. The molecule has 1 saturated heterocycles. The topological polar surface area (TPSA) is 94.3 Å². The number of rotatable bonds is 4. The molecule has 1 fully saturated rings.